The van der Waals surface area contributed by atoms with Crippen molar-refractivity contribution in [3.05, 3.63) is 99.8 Å². The van der Waals surface area contributed by atoms with Gasteiger partial charge in [0.1, 0.15) is 41.8 Å². The molecule has 0 aliphatic carbocycles. The van der Waals surface area contributed by atoms with Crippen LogP contribution in [0.25, 0.3) is 16.6 Å². The van der Waals surface area contributed by atoms with Gasteiger partial charge in [0.2, 0.25) is 5.75 Å². The molecule has 2 aromatic heterocycles. The molecule has 0 saturated heterocycles. The average Bonchev–Trinajstić information content (AvgIpc) is 3.09. The minimum atomic E-state index is -0.746. The first-order chi connectivity index (χ1) is 23.4. The van der Waals surface area contributed by atoms with Crippen LogP contribution >= 0.6 is 11.6 Å². The van der Waals surface area contributed by atoms with Crippen LogP contribution in [0.2, 0.25) is 5.02 Å². The number of carbonyl (C=O) groups excluding carboxylic acids is 1. The maximum Gasteiger partial charge on any atom is 0.271 e. The number of rotatable bonds is 11. The Bertz CT molecular complexity index is 2070. The van der Waals surface area contributed by atoms with Gasteiger partial charge in [-0.2, -0.15) is 0 Å². The molecule has 11 nitrogen and oxygen atoms in total. The Labute approximate surface area is 279 Å². The highest BCUT2D eigenvalue weighted by atomic mass is 35.5. The number of halogens is 2. The number of ether oxygens (including phenoxy) is 5. The van der Waals surface area contributed by atoms with Crippen LogP contribution in [0.5, 0.6) is 34.5 Å². The standard InChI is InChI=1S/C35H30ClFN4O7/c1-38-13-3-4-16-45-29-20-26-30(33-32(29)46-17-18-47-33)28(11-14-39-26)48-23-9-10-25(24(36)19-23)40-34(42)31-27(44-2)12-15-41(35(31)43)22-7-5-21(37)6-8-22/h5-15,19-20H,3-4,16-18H2,1-2H3,(H,40,42). The van der Waals surface area contributed by atoms with Crippen LogP contribution in [0, 0.1) is 5.82 Å². The quantitative estimate of drug-likeness (QED) is 0.119. The van der Waals surface area contributed by atoms with Crippen LogP contribution in [0.1, 0.15) is 23.2 Å². The summed E-state index contributed by atoms with van der Waals surface area (Å²) in [6.45, 7) is 1.17. The zero-order chi connectivity index (χ0) is 33.6. The second kappa shape index (κ2) is 14.4. The summed E-state index contributed by atoms with van der Waals surface area (Å²) in [5.74, 6) is 1.13. The van der Waals surface area contributed by atoms with E-state index in [9.17, 15) is 14.0 Å². The summed E-state index contributed by atoms with van der Waals surface area (Å²) in [4.78, 5) is 35.3. The molecule has 5 aromatic rings. The first kappa shape index (κ1) is 32.3. The number of fused-ring (bicyclic) bond motifs is 3. The molecule has 3 aromatic carbocycles. The molecule has 0 fully saturated rings. The number of nitrogens with zero attached hydrogens (tertiary/aromatic N) is 3. The molecule has 1 N–H and O–H groups in total. The molecule has 3 heterocycles. The lowest BCUT2D eigenvalue weighted by Crippen LogP contribution is -2.29. The van der Waals surface area contributed by atoms with Gasteiger partial charge in [-0.15, -0.1) is 0 Å². The van der Waals surface area contributed by atoms with Gasteiger partial charge in [0.15, 0.2) is 11.5 Å². The van der Waals surface area contributed by atoms with E-state index in [-0.39, 0.29) is 22.0 Å². The van der Waals surface area contributed by atoms with E-state index in [1.807, 2.05) is 6.21 Å². The highest BCUT2D eigenvalue weighted by Gasteiger charge is 2.25. The molecule has 13 heteroatoms. The van der Waals surface area contributed by atoms with Crippen molar-refractivity contribution >= 4 is 40.3 Å². The van der Waals surface area contributed by atoms with Gasteiger partial charge >= 0.3 is 0 Å². The van der Waals surface area contributed by atoms with Crippen LogP contribution in [0.4, 0.5) is 10.1 Å². The Kier molecular flexibility index (Phi) is 9.72. The molecular formula is C35H30ClFN4O7. The Morgan fingerprint density at radius 1 is 1.06 bits per heavy atom. The predicted octanol–water partition coefficient (Wildman–Crippen LogP) is 6.86. The van der Waals surface area contributed by atoms with E-state index in [2.05, 4.69) is 15.3 Å². The third-order valence-electron chi connectivity index (χ3n) is 7.38. The Morgan fingerprint density at radius 3 is 2.60 bits per heavy atom. The molecule has 0 unspecified atom stereocenters. The Morgan fingerprint density at radius 2 is 1.85 bits per heavy atom. The molecule has 0 radical (unpaired) electrons. The Balaban J connectivity index is 1.25. The molecule has 1 aliphatic rings. The highest BCUT2D eigenvalue weighted by Crippen LogP contribution is 2.48. The lowest BCUT2D eigenvalue weighted by Gasteiger charge is -2.23. The molecule has 246 valence electrons. The van der Waals surface area contributed by atoms with Gasteiger partial charge in [-0.25, -0.2) is 4.39 Å². The van der Waals surface area contributed by atoms with E-state index in [0.717, 1.165) is 12.8 Å². The van der Waals surface area contributed by atoms with Gasteiger partial charge in [0.25, 0.3) is 11.5 Å². The minimum absolute atomic E-state index is 0.0607. The van der Waals surface area contributed by atoms with Gasteiger partial charge in [0, 0.05) is 37.3 Å². The summed E-state index contributed by atoms with van der Waals surface area (Å²) >= 11 is 6.59. The summed E-state index contributed by atoms with van der Waals surface area (Å²) in [5.41, 5.74) is 0.275. The normalized spacial score (nSPS) is 12.2. The molecule has 0 spiro atoms. The number of aliphatic imine (C=N–C) groups is 1. The molecule has 1 aliphatic heterocycles. The SMILES string of the molecule is CN=CCCCOc1cc2nccc(Oc3ccc(NC(=O)c4c(OC)ccn(-c5ccc(F)cc5)c4=O)c(Cl)c3)c2c2c1OCCO2. The predicted molar refractivity (Wildman–Crippen MR) is 180 cm³/mol. The van der Waals surface area contributed by atoms with Gasteiger partial charge in [0.05, 0.1) is 35.3 Å². The largest absolute Gasteiger partial charge is 0.496 e. The first-order valence-electron chi connectivity index (χ1n) is 15.0. The maximum absolute atomic E-state index is 13.5. The van der Waals surface area contributed by atoms with Gasteiger partial charge in [-0.05, 0) is 67.6 Å². The Hall–Kier alpha value is -5.62. The summed E-state index contributed by atoms with van der Waals surface area (Å²) in [5, 5.41) is 3.43. The number of hydrogen-bond donors (Lipinski definition) is 1. The van der Waals surface area contributed by atoms with Crippen LogP contribution in [-0.4, -0.2) is 55.7 Å². The summed E-state index contributed by atoms with van der Waals surface area (Å²) in [6, 6.07) is 15.0. The van der Waals surface area contributed by atoms with E-state index in [4.69, 9.17) is 35.3 Å². The summed E-state index contributed by atoms with van der Waals surface area (Å²) in [7, 11) is 3.08. The second-order valence-corrected chi connectivity index (χ2v) is 10.9. The fourth-order valence-corrected chi connectivity index (χ4v) is 5.35. The van der Waals surface area contributed by atoms with Crippen molar-refractivity contribution in [1.29, 1.82) is 0 Å². The van der Waals surface area contributed by atoms with Crippen LogP contribution < -0.4 is 34.6 Å². The number of methoxy groups -OCH3 is 1. The van der Waals surface area contributed by atoms with Crippen LogP contribution in [0.3, 0.4) is 0 Å². The van der Waals surface area contributed by atoms with E-state index in [1.54, 1.807) is 37.5 Å². The highest BCUT2D eigenvalue weighted by molar-refractivity contribution is 6.34. The average molecular weight is 673 g/mol. The molecular weight excluding hydrogens is 643 g/mol. The second-order valence-electron chi connectivity index (χ2n) is 10.5. The summed E-state index contributed by atoms with van der Waals surface area (Å²) in [6.07, 6.45) is 6.47. The zero-order valence-corrected chi connectivity index (χ0v) is 26.8. The minimum Gasteiger partial charge on any atom is -0.496 e. The number of amides is 1. The third-order valence-corrected chi connectivity index (χ3v) is 7.70. The monoisotopic (exact) mass is 672 g/mol. The van der Waals surface area contributed by atoms with Crippen LogP contribution in [-0.2, 0) is 0 Å². The van der Waals surface area contributed by atoms with Crippen molar-refractivity contribution in [3.8, 4) is 40.2 Å². The van der Waals surface area contributed by atoms with E-state index < -0.39 is 17.3 Å². The van der Waals surface area contributed by atoms with E-state index in [0.29, 0.717) is 65.2 Å². The number of unbranched alkanes of at least 4 members (excludes halogenated alkanes) is 1. The van der Waals surface area contributed by atoms with E-state index >= 15 is 0 Å². The van der Waals surface area contributed by atoms with Gasteiger partial charge in [-0.1, -0.05) is 11.6 Å². The van der Waals surface area contributed by atoms with Gasteiger partial charge in [-0.3, -0.25) is 19.1 Å². The maximum atomic E-state index is 13.5. The smallest absolute Gasteiger partial charge is 0.271 e. The number of pyridine rings is 2. The van der Waals surface area contributed by atoms with Crippen LogP contribution in [0.15, 0.2) is 82.8 Å². The number of aromatic nitrogens is 2. The van der Waals surface area contributed by atoms with Crippen molar-refractivity contribution in [2.24, 2.45) is 4.99 Å². The fourth-order valence-electron chi connectivity index (χ4n) is 5.13. The lowest BCUT2D eigenvalue weighted by atomic mass is 10.1. The fraction of sp³-hybridized carbons (Fsp3) is 0.200. The van der Waals surface area contributed by atoms with Crippen molar-refractivity contribution < 1.29 is 32.9 Å². The lowest BCUT2D eigenvalue weighted by molar-refractivity contribution is 0.102. The molecule has 0 bridgehead atoms. The number of benzene rings is 3. The van der Waals surface area contributed by atoms with Crippen molar-refractivity contribution in [1.82, 2.24) is 9.55 Å². The van der Waals surface area contributed by atoms with Gasteiger partial charge < -0.3 is 34.0 Å². The molecule has 6 rings (SSSR count). The molecule has 0 atom stereocenters. The van der Waals surface area contributed by atoms with E-state index in [1.165, 1.54) is 54.3 Å². The number of anilines is 1. The first-order valence-corrected chi connectivity index (χ1v) is 15.3. The number of carbonyl (C=O) groups is 1. The van der Waals surface area contributed by atoms with Crippen molar-refractivity contribution in [2.45, 2.75) is 12.8 Å². The summed E-state index contributed by atoms with van der Waals surface area (Å²) < 4.78 is 44.2. The zero-order valence-electron chi connectivity index (χ0n) is 26.0. The number of nitrogens with one attached hydrogen (secondary N) is 1. The molecule has 0 saturated carbocycles. The third kappa shape index (κ3) is 6.74. The number of hydrogen-bond acceptors (Lipinski definition) is 9. The van der Waals surface area contributed by atoms with Crippen molar-refractivity contribution in [2.75, 3.05) is 39.3 Å². The molecule has 1 amide bonds. The topological polar surface area (TPSA) is 122 Å². The molecule has 48 heavy (non-hydrogen) atoms. The van der Waals surface area contributed by atoms with Crippen molar-refractivity contribution in [3.63, 3.8) is 0 Å².